The first-order valence-corrected chi connectivity index (χ1v) is 5.99. The van der Waals surface area contributed by atoms with Crippen molar-refractivity contribution in [1.82, 2.24) is 4.98 Å². The van der Waals surface area contributed by atoms with Crippen molar-refractivity contribution in [1.29, 1.82) is 0 Å². The monoisotopic (exact) mass is 395 g/mol. The molecule has 0 saturated heterocycles. The lowest BCUT2D eigenvalue weighted by Crippen LogP contribution is -2.20. The average Bonchev–Trinajstić information content (AvgIpc) is 2.29. The fourth-order valence-electron chi connectivity index (χ4n) is 1.04. The Morgan fingerprint density at radius 3 is 2.61 bits per heavy atom. The van der Waals surface area contributed by atoms with Crippen LogP contribution >= 0.6 is 34.2 Å². The van der Waals surface area contributed by atoms with E-state index in [4.69, 9.17) is 11.6 Å². The normalized spacial score (nSPS) is 11.2. The van der Waals surface area contributed by atoms with Gasteiger partial charge < -0.3 is 9.47 Å². The summed E-state index contributed by atoms with van der Waals surface area (Å²) < 4.78 is 44.7. The summed E-state index contributed by atoms with van der Waals surface area (Å²) in [5.74, 6) is -1.68. The van der Waals surface area contributed by atoms with Crippen LogP contribution < -0.4 is 4.74 Å². The van der Waals surface area contributed by atoms with Gasteiger partial charge in [0.25, 0.3) is 0 Å². The van der Waals surface area contributed by atoms with Gasteiger partial charge >= 0.3 is 12.3 Å². The summed E-state index contributed by atoms with van der Waals surface area (Å²) in [6, 6.07) is 1.25. The van der Waals surface area contributed by atoms with Gasteiger partial charge in [-0.15, -0.1) is 24.8 Å². The molecule has 1 aromatic rings. The highest BCUT2D eigenvalue weighted by atomic mass is 127. The lowest BCUT2D eigenvalue weighted by Gasteiger charge is -2.12. The minimum Gasteiger partial charge on any atom is -0.464 e. The van der Waals surface area contributed by atoms with E-state index in [0.717, 1.165) is 7.11 Å². The molecule has 0 bridgehead atoms. The average molecular weight is 396 g/mol. The Hall–Kier alpha value is -0.770. The Bertz CT molecular complexity index is 467. The third-order valence-corrected chi connectivity index (χ3v) is 3.20. The molecule has 0 amide bonds. The molecule has 0 aliphatic rings. The molecule has 0 fully saturated rings. The van der Waals surface area contributed by atoms with E-state index in [1.165, 1.54) is 6.07 Å². The lowest BCUT2D eigenvalue weighted by atomic mass is 10.2. The highest BCUT2D eigenvalue weighted by Crippen LogP contribution is 2.29. The summed E-state index contributed by atoms with van der Waals surface area (Å²) in [5.41, 5.74) is -0.000248. The molecule has 0 saturated carbocycles. The molecule has 0 atom stereocenters. The molecule has 0 radical (unpaired) electrons. The maximum absolute atomic E-state index is 12.2. The van der Waals surface area contributed by atoms with Gasteiger partial charge in [-0.1, -0.05) is 0 Å². The number of rotatable bonds is 3. The Balaban J connectivity index is 3.27. The van der Waals surface area contributed by atoms with Gasteiger partial charge in [0.15, 0.2) is 5.69 Å². The number of pyridine rings is 1. The zero-order chi connectivity index (χ0) is 13.9. The number of methoxy groups -OCH3 is 1. The Kier molecular flexibility index (Phi) is 5.02. The molecule has 9 heteroatoms. The second-order valence-electron chi connectivity index (χ2n) is 2.96. The van der Waals surface area contributed by atoms with Gasteiger partial charge in [0.1, 0.15) is 0 Å². The van der Waals surface area contributed by atoms with Gasteiger partial charge in [-0.2, -0.15) is 0 Å². The number of halogens is 5. The van der Waals surface area contributed by atoms with E-state index in [1.54, 1.807) is 22.6 Å². The molecule has 0 spiro atoms. The predicted octanol–water partition coefficient (Wildman–Crippen LogP) is 3.11. The number of alkyl halides is 4. The van der Waals surface area contributed by atoms with Gasteiger partial charge in [0.2, 0.25) is 5.88 Å². The van der Waals surface area contributed by atoms with Crippen LogP contribution in [0, 0.1) is 3.57 Å². The van der Waals surface area contributed by atoms with Gasteiger partial charge in [-0.05, 0) is 34.2 Å². The van der Waals surface area contributed by atoms with Gasteiger partial charge in [-0.25, -0.2) is 9.78 Å². The zero-order valence-corrected chi connectivity index (χ0v) is 11.8. The van der Waals surface area contributed by atoms with E-state index in [2.05, 4.69) is 14.5 Å². The largest absolute Gasteiger partial charge is 0.574 e. The van der Waals surface area contributed by atoms with Crippen molar-refractivity contribution in [3.8, 4) is 5.88 Å². The van der Waals surface area contributed by atoms with Crippen molar-refractivity contribution in [3.05, 3.63) is 20.9 Å². The van der Waals surface area contributed by atoms with Crippen LogP contribution in [-0.4, -0.2) is 24.4 Å². The van der Waals surface area contributed by atoms with Crippen LogP contribution in [0.3, 0.4) is 0 Å². The third-order valence-electron chi connectivity index (χ3n) is 1.75. The maximum atomic E-state index is 12.2. The van der Waals surface area contributed by atoms with Crippen LogP contribution in [0.15, 0.2) is 6.07 Å². The maximum Gasteiger partial charge on any atom is 0.574 e. The molecule has 18 heavy (non-hydrogen) atoms. The molecule has 0 N–H and O–H groups in total. The van der Waals surface area contributed by atoms with Crippen molar-refractivity contribution in [2.75, 3.05) is 7.11 Å². The second-order valence-corrected chi connectivity index (χ2v) is 4.30. The molecule has 0 aromatic carbocycles. The molecule has 1 aromatic heterocycles. The number of esters is 1. The number of ether oxygens (including phenoxy) is 2. The summed E-state index contributed by atoms with van der Waals surface area (Å²) in [7, 11) is 1.09. The highest BCUT2D eigenvalue weighted by Gasteiger charge is 2.33. The molecule has 0 aliphatic carbocycles. The van der Waals surface area contributed by atoms with Crippen LogP contribution in [-0.2, 0) is 10.6 Å². The summed E-state index contributed by atoms with van der Waals surface area (Å²) in [6.07, 6.45) is -4.90. The Morgan fingerprint density at radius 2 is 2.17 bits per heavy atom. The standard InChI is InChI=1S/C9H6ClF3INO3/c1-17-8(16)5-2-4(3-10)6(14)7(15-5)18-9(11,12)13/h2H,3H2,1H3. The van der Waals surface area contributed by atoms with Crippen LogP contribution in [0.5, 0.6) is 5.88 Å². The number of carbonyl (C=O) groups is 1. The Morgan fingerprint density at radius 1 is 1.56 bits per heavy atom. The van der Waals surface area contributed by atoms with Crippen molar-refractivity contribution in [2.24, 2.45) is 0 Å². The predicted molar refractivity (Wildman–Crippen MR) is 64.5 cm³/mol. The van der Waals surface area contributed by atoms with Gasteiger partial charge in [0.05, 0.1) is 10.7 Å². The van der Waals surface area contributed by atoms with Crippen LogP contribution in [0.2, 0.25) is 0 Å². The summed E-state index contributed by atoms with van der Waals surface area (Å²) >= 11 is 7.18. The van der Waals surface area contributed by atoms with Crippen LogP contribution in [0.1, 0.15) is 16.1 Å². The molecule has 0 unspecified atom stereocenters. The van der Waals surface area contributed by atoms with Gasteiger partial charge in [0, 0.05) is 5.88 Å². The smallest absolute Gasteiger partial charge is 0.464 e. The van der Waals surface area contributed by atoms with Crippen LogP contribution in [0.25, 0.3) is 0 Å². The molecular weight excluding hydrogens is 389 g/mol. The van der Waals surface area contributed by atoms with Crippen molar-refractivity contribution < 1.29 is 27.4 Å². The molecule has 0 aliphatic heterocycles. The molecule has 4 nitrogen and oxygen atoms in total. The number of aromatic nitrogens is 1. The quantitative estimate of drug-likeness (QED) is 0.448. The van der Waals surface area contributed by atoms with E-state index in [0.29, 0.717) is 5.56 Å². The number of carbonyl (C=O) groups excluding carboxylic acids is 1. The summed E-state index contributed by atoms with van der Waals surface area (Å²) in [5, 5.41) is 0. The van der Waals surface area contributed by atoms with E-state index >= 15 is 0 Å². The molecule has 1 heterocycles. The summed E-state index contributed by atoms with van der Waals surface area (Å²) in [6.45, 7) is 0. The van der Waals surface area contributed by atoms with E-state index in [9.17, 15) is 18.0 Å². The molecular formula is C9H6ClF3INO3. The topological polar surface area (TPSA) is 48.4 Å². The first-order valence-electron chi connectivity index (χ1n) is 4.38. The van der Waals surface area contributed by atoms with E-state index in [-0.39, 0.29) is 15.1 Å². The van der Waals surface area contributed by atoms with E-state index < -0.39 is 18.2 Å². The van der Waals surface area contributed by atoms with Gasteiger partial charge in [-0.3, -0.25) is 0 Å². The fraction of sp³-hybridized carbons (Fsp3) is 0.333. The fourth-order valence-corrected chi connectivity index (χ4v) is 2.05. The van der Waals surface area contributed by atoms with Crippen molar-refractivity contribution in [2.45, 2.75) is 12.2 Å². The molecule has 1 rings (SSSR count). The minimum absolute atomic E-state index is 0.0843. The SMILES string of the molecule is COC(=O)c1cc(CCl)c(I)c(OC(F)(F)F)n1. The zero-order valence-electron chi connectivity index (χ0n) is 8.85. The highest BCUT2D eigenvalue weighted by molar-refractivity contribution is 14.1. The van der Waals surface area contributed by atoms with Crippen molar-refractivity contribution >= 4 is 40.2 Å². The second kappa shape index (κ2) is 5.91. The molecule has 100 valence electrons. The van der Waals surface area contributed by atoms with E-state index in [1.807, 2.05) is 0 Å². The van der Waals surface area contributed by atoms with Crippen LogP contribution in [0.4, 0.5) is 13.2 Å². The number of nitrogens with zero attached hydrogens (tertiary/aromatic N) is 1. The number of hydrogen-bond acceptors (Lipinski definition) is 4. The first-order chi connectivity index (χ1) is 8.28. The minimum atomic E-state index is -4.90. The third kappa shape index (κ3) is 3.87. The first kappa shape index (κ1) is 15.3. The lowest BCUT2D eigenvalue weighted by molar-refractivity contribution is -0.276. The Labute approximate surface area is 119 Å². The summed E-state index contributed by atoms with van der Waals surface area (Å²) in [4.78, 5) is 14.7. The number of hydrogen-bond donors (Lipinski definition) is 0. The van der Waals surface area contributed by atoms with Crippen molar-refractivity contribution in [3.63, 3.8) is 0 Å².